The molecule has 0 amide bonds. The van der Waals surface area contributed by atoms with Crippen molar-refractivity contribution < 1.29 is 0 Å². The highest BCUT2D eigenvalue weighted by Crippen LogP contribution is 2.25. The van der Waals surface area contributed by atoms with Crippen LogP contribution in [-0.2, 0) is 13.6 Å². The molecule has 1 fully saturated rings. The highest BCUT2D eigenvalue weighted by Gasteiger charge is 2.23. The molecule has 2 heterocycles. The van der Waals surface area contributed by atoms with Crippen molar-refractivity contribution in [2.24, 2.45) is 13.0 Å². The second-order valence-electron chi connectivity index (χ2n) is 4.51. The maximum atomic E-state index is 5.89. The van der Waals surface area contributed by atoms with Gasteiger partial charge in [-0.25, -0.2) is 0 Å². The van der Waals surface area contributed by atoms with E-state index in [-0.39, 0.29) is 0 Å². The minimum absolute atomic E-state index is 0.662. The van der Waals surface area contributed by atoms with E-state index in [0.29, 0.717) is 5.92 Å². The Morgan fingerprint density at radius 1 is 1.56 bits per heavy atom. The quantitative estimate of drug-likeness (QED) is 0.800. The molecule has 0 aliphatic carbocycles. The number of halogens is 2. The van der Waals surface area contributed by atoms with E-state index >= 15 is 0 Å². The predicted molar refractivity (Wildman–Crippen MR) is 69.7 cm³/mol. The van der Waals surface area contributed by atoms with Crippen LogP contribution in [0.4, 0.5) is 0 Å². The molecule has 2 rings (SSSR count). The molecule has 0 radical (unpaired) electrons. The Balaban J connectivity index is 2.04. The van der Waals surface area contributed by atoms with E-state index in [1.807, 2.05) is 18.7 Å². The predicted octanol–water partition coefficient (Wildman–Crippen LogP) is 2.55. The Kier molecular flexibility index (Phi) is 3.93. The lowest BCUT2D eigenvalue weighted by Gasteiger charge is -2.15. The monoisotopic (exact) mass is 305 g/mol. The topological polar surface area (TPSA) is 21.1 Å². The third-order valence-corrected chi connectivity index (χ3v) is 4.69. The Morgan fingerprint density at radius 3 is 2.81 bits per heavy atom. The van der Waals surface area contributed by atoms with Crippen molar-refractivity contribution in [3.05, 3.63) is 15.9 Å². The van der Waals surface area contributed by atoms with E-state index < -0.39 is 0 Å². The number of alkyl halides is 1. The van der Waals surface area contributed by atoms with Crippen LogP contribution in [0.25, 0.3) is 0 Å². The van der Waals surface area contributed by atoms with Gasteiger partial charge < -0.3 is 0 Å². The average molecular weight is 307 g/mol. The van der Waals surface area contributed by atoms with Crippen molar-refractivity contribution in [2.45, 2.75) is 19.9 Å². The zero-order valence-electron chi connectivity index (χ0n) is 9.71. The number of aryl methyl sites for hydroxylation is 2. The summed E-state index contributed by atoms with van der Waals surface area (Å²) in [6.45, 7) is 5.25. The fourth-order valence-corrected chi connectivity index (χ4v) is 2.96. The second kappa shape index (κ2) is 5.07. The molecule has 5 heteroatoms. The van der Waals surface area contributed by atoms with E-state index in [4.69, 9.17) is 11.6 Å². The van der Waals surface area contributed by atoms with Crippen molar-refractivity contribution >= 4 is 27.5 Å². The molecule has 1 aliphatic rings. The highest BCUT2D eigenvalue weighted by atomic mass is 79.9. The van der Waals surface area contributed by atoms with Crippen LogP contribution in [0, 0.1) is 12.8 Å². The molecule has 1 aliphatic heterocycles. The fraction of sp³-hybridized carbons (Fsp3) is 0.727. The van der Waals surface area contributed by atoms with Gasteiger partial charge in [-0.3, -0.25) is 9.58 Å². The normalized spacial score (nSPS) is 21.9. The number of hydrogen-bond donors (Lipinski definition) is 0. The van der Waals surface area contributed by atoms with Crippen LogP contribution in [0.1, 0.15) is 17.8 Å². The minimum atomic E-state index is 0.662. The Morgan fingerprint density at radius 2 is 2.31 bits per heavy atom. The third kappa shape index (κ3) is 2.44. The van der Waals surface area contributed by atoms with Crippen molar-refractivity contribution in [3.63, 3.8) is 0 Å². The van der Waals surface area contributed by atoms with Crippen LogP contribution < -0.4 is 0 Å². The number of aromatic nitrogens is 2. The summed E-state index contributed by atoms with van der Waals surface area (Å²) in [4.78, 5) is 2.45. The summed E-state index contributed by atoms with van der Waals surface area (Å²) in [6.07, 6.45) is 1.22. The summed E-state index contributed by atoms with van der Waals surface area (Å²) in [5.41, 5.74) is 2.32. The molecule has 0 aromatic carbocycles. The van der Waals surface area contributed by atoms with Gasteiger partial charge in [0, 0.05) is 26.0 Å². The first kappa shape index (κ1) is 12.4. The molecule has 1 aromatic rings. The van der Waals surface area contributed by atoms with Gasteiger partial charge in [0.1, 0.15) is 0 Å². The van der Waals surface area contributed by atoms with Crippen LogP contribution in [0.5, 0.6) is 0 Å². The molecule has 1 aromatic heterocycles. The van der Waals surface area contributed by atoms with Crippen LogP contribution >= 0.6 is 27.5 Å². The molecule has 1 atom stereocenters. The van der Waals surface area contributed by atoms with E-state index in [2.05, 4.69) is 25.9 Å². The molecule has 1 unspecified atom stereocenters. The van der Waals surface area contributed by atoms with Crippen LogP contribution in [0.15, 0.2) is 4.47 Å². The van der Waals surface area contributed by atoms with E-state index in [1.165, 1.54) is 12.1 Å². The van der Waals surface area contributed by atoms with Gasteiger partial charge in [-0.2, -0.15) is 5.10 Å². The minimum Gasteiger partial charge on any atom is -0.297 e. The van der Waals surface area contributed by atoms with Crippen molar-refractivity contribution in [1.82, 2.24) is 14.7 Å². The van der Waals surface area contributed by atoms with Gasteiger partial charge in [0.2, 0.25) is 0 Å². The maximum absolute atomic E-state index is 5.89. The highest BCUT2D eigenvalue weighted by molar-refractivity contribution is 9.10. The number of hydrogen-bond acceptors (Lipinski definition) is 2. The maximum Gasteiger partial charge on any atom is 0.0739 e. The first-order valence-electron chi connectivity index (χ1n) is 5.58. The molecule has 16 heavy (non-hydrogen) atoms. The summed E-state index contributed by atoms with van der Waals surface area (Å²) in [7, 11) is 2.00. The third-order valence-electron chi connectivity index (χ3n) is 3.22. The number of rotatable bonds is 3. The first-order chi connectivity index (χ1) is 7.61. The first-order valence-corrected chi connectivity index (χ1v) is 6.91. The van der Waals surface area contributed by atoms with Gasteiger partial charge in [-0.05, 0) is 41.7 Å². The van der Waals surface area contributed by atoms with Crippen molar-refractivity contribution in [2.75, 3.05) is 19.0 Å². The number of nitrogens with zero attached hydrogens (tertiary/aromatic N) is 3. The van der Waals surface area contributed by atoms with Gasteiger partial charge in [-0.1, -0.05) is 0 Å². The van der Waals surface area contributed by atoms with Gasteiger partial charge in [0.15, 0.2) is 0 Å². The molecule has 90 valence electrons. The Labute approximate surface area is 110 Å². The van der Waals surface area contributed by atoms with Crippen molar-refractivity contribution in [1.29, 1.82) is 0 Å². The summed E-state index contributed by atoms with van der Waals surface area (Å²) < 4.78 is 3.11. The lowest BCUT2D eigenvalue weighted by atomic mass is 10.2. The van der Waals surface area contributed by atoms with E-state index in [9.17, 15) is 0 Å². The van der Waals surface area contributed by atoms with Crippen LogP contribution in [0.2, 0.25) is 0 Å². The molecule has 0 bridgehead atoms. The molecule has 1 saturated heterocycles. The van der Waals surface area contributed by atoms with Crippen LogP contribution in [-0.4, -0.2) is 33.6 Å². The van der Waals surface area contributed by atoms with Gasteiger partial charge in [0.25, 0.3) is 0 Å². The Hall–Kier alpha value is -0.0600. The second-order valence-corrected chi connectivity index (χ2v) is 5.62. The van der Waals surface area contributed by atoms with E-state index in [0.717, 1.165) is 35.7 Å². The molecular formula is C11H17BrClN3. The lowest BCUT2D eigenvalue weighted by Crippen LogP contribution is -2.22. The number of likely N-dealkylation sites (tertiary alicyclic amines) is 1. The summed E-state index contributed by atoms with van der Waals surface area (Å²) >= 11 is 9.49. The SMILES string of the molecule is Cc1nn(C)c(CN2CCC(CCl)C2)c1Br. The largest absolute Gasteiger partial charge is 0.297 e. The molecule has 3 nitrogen and oxygen atoms in total. The van der Waals surface area contributed by atoms with Gasteiger partial charge in [0.05, 0.1) is 15.9 Å². The summed E-state index contributed by atoms with van der Waals surface area (Å²) in [5.74, 6) is 1.44. The molecule has 0 spiro atoms. The smallest absolute Gasteiger partial charge is 0.0739 e. The van der Waals surface area contributed by atoms with Gasteiger partial charge >= 0.3 is 0 Å². The van der Waals surface area contributed by atoms with E-state index in [1.54, 1.807) is 0 Å². The lowest BCUT2D eigenvalue weighted by molar-refractivity contribution is 0.311. The summed E-state index contributed by atoms with van der Waals surface area (Å²) in [6, 6.07) is 0. The molecular weight excluding hydrogens is 289 g/mol. The molecule has 0 saturated carbocycles. The zero-order valence-corrected chi connectivity index (χ0v) is 12.1. The average Bonchev–Trinajstić information content (AvgIpc) is 2.80. The zero-order chi connectivity index (χ0) is 11.7. The van der Waals surface area contributed by atoms with Crippen LogP contribution in [0.3, 0.4) is 0 Å². The molecule has 0 N–H and O–H groups in total. The van der Waals surface area contributed by atoms with Crippen molar-refractivity contribution in [3.8, 4) is 0 Å². The Bertz CT molecular complexity index is 378. The van der Waals surface area contributed by atoms with Gasteiger partial charge in [-0.15, -0.1) is 11.6 Å². The standard InChI is InChI=1S/C11H17BrClN3/c1-8-11(12)10(15(2)14-8)7-16-4-3-9(5-13)6-16/h9H,3-7H2,1-2H3. The fourth-order valence-electron chi connectivity index (χ4n) is 2.25. The summed E-state index contributed by atoms with van der Waals surface area (Å²) in [5, 5.41) is 4.41.